The van der Waals surface area contributed by atoms with Crippen LogP contribution in [0.2, 0.25) is 0 Å². The van der Waals surface area contributed by atoms with E-state index in [4.69, 9.17) is 4.74 Å². The molecule has 3 rings (SSSR count). The third-order valence-corrected chi connectivity index (χ3v) is 3.78. The lowest BCUT2D eigenvalue weighted by molar-refractivity contribution is -0.313. The van der Waals surface area contributed by atoms with Gasteiger partial charge in [-0.25, -0.2) is 0 Å². The van der Waals surface area contributed by atoms with Gasteiger partial charge in [0.05, 0.1) is 30.0 Å². The number of hydrogen-bond donors (Lipinski definition) is 1. The molecule has 1 amide bonds. The quantitative estimate of drug-likeness (QED) is 0.796. The van der Waals surface area contributed by atoms with Crippen LogP contribution in [0.4, 0.5) is 5.69 Å². The number of rotatable bonds is 3. The summed E-state index contributed by atoms with van der Waals surface area (Å²) in [4.78, 5) is 27.3. The molecule has 4 atom stereocenters. The molecule has 19 heavy (non-hydrogen) atoms. The predicted molar refractivity (Wildman–Crippen MR) is 62.7 cm³/mol. The number of hydrogen-bond acceptors (Lipinski definition) is 5. The Labute approximate surface area is 109 Å². The zero-order valence-electron chi connectivity index (χ0n) is 10.1. The summed E-state index contributed by atoms with van der Waals surface area (Å²) in [6.07, 6.45) is 3.81. The molecule has 1 N–H and O–H groups in total. The number of carboxylic acid groups (broad SMARTS) is 1. The average molecular weight is 261 g/mol. The van der Waals surface area contributed by atoms with Gasteiger partial charge in [0, 0.05) is 18.1 Å². The van der Waals surface area contributed by atoms with Gasteiger partial charge in [-0.2, -0.15) is 0 Å². The van der Waals surface area contributed by atoms with E-state index in [1.807, 2.05) is 0 Å². The number of carboxylic acids is 1. The Bertz CT molecular complexity index is 505. The molecule has 2 aliphatic rings. The summed E-state index contributed by atoms with van der Waals surface area (Å²) < 4.78 is 5.52. The fraction of sp³-hybridized carbons (Fsp3) is 0.462. The van der Waals surface area contributed by atoms with Crippen LogP contribution in [0, 0.1) is 11.8 Å². The maximum Gasteiger partial charge on any atom is 0.230 e. The van der Waals surface area contributed by atoms with E-state index in [-0.39, 0.29) is 18.1 Å². The van der Waals surface area contributed by atoms with Gasteiger partial charge in [-0.05, 0) is 25.0 Å². The molecule has 2 saturated heterocycles. The highest BCUT2D eigenvalue weighted by Crippen LogP contribution is 2.43. The topological polar surface area (TPSA) is 91.4 Å². The summed E-state index contributed by atoms with van der Waals surface area (Å²) in [6, 6.07) is 3.40. The van der Waals surface area contributed by atoms with E-state index >= 15 is 0 Å². The van der Waals surface area contributed by atoms with E-state index in [2.05, 4.69) is 10.3 Å². The summed E-state index contributed by atoms with van der Waals surface area (Å²) in [5, 5.41) is 13.9. The molecule has 2 fully saturated rings. The molecular formula is C13H13N2O4-. The number of aromatic nitrogens is 1. The molecule has 0 aromatic carbocycles. The van der Waals surface area contributed by atoms with Gasteiger partial charge in [-0.3, -0.25) is 9.78 Å². The Morgan fingerprint density at radius 3 is 2.68 bits per heavy atom. The number of anilines is 1. The zero-order valence-corrected chi connectivity index (χ0v) is 10.1. The van der Waals surface area contributed by atoms with Gasteiger partial charge in [0.2, 0.25) is 5.91 Å². The maximum atomic E-state index is 12.2. The van der Waals surface area contributed by atoms with Crippen molar-refractivity contribution < 1.29 is 19.4 Å². The van der Waals surface area contributed by atoms with Gasteiger partial charge in [-0.1, -0.05) is 0 Å². The number of fused-ring (bicyclic) bond motifs is 2. The molecule has 1 aromatic heterocycles. The van der Waals surface area contributed by atoms with Gasteiger partial charge in [0.1, 0.15) is 0 Å². The second-order valence-electron chi connectivity index (χ2n) is 4.89. The minimum atomic E-state index is -1.21. The first-order chi connectivity index (χ1) is 9.16. The Hall–Kier alpha value is -1.95. The molecule has 2 bridgehead atoms. The fourth-order valence-electron chi connectivity index (χ4n) is 2.97. The minimum Gasteiger partial charge on any atom is -0.550 e. The number of carbonyl (C=O) groups is 2. The standard InChI is InChI=1S/C13H14N2O4/c16-12(15-7-2-1-5-14-6-7)10-8-3-4-9(19-8)11(10)13(17)18/h1-2,5-6,8-11H,3-4H2,(H,15,16)(H,17,18)/p-1/t8-,9+,10+,11-/m1/s1. The van der Waals surface area contributed by atoms with Crippen molar-refractivity contribution in [3.8, 4) is 0 Å². The minimum absolute atomic E-state index is 0.315. The van der Waals surface area contributed by atoms with Crippen molar-refractivity contribution in [1.82, 2.24) is 4.98 Å². The molecule has 2 aliphatic heterocycles. The highest BCUT2D eigenvalue weighted by atomic mass is 16.5. The summed E-state index contributed by atoms with van der Waals surface area (Å²) in [5.74, 6) is -3.08. The van der Waals surface area contributed by atoms with Crippen LogP contribution < -0.4 is 10.4 Å². The van der Waals surface area contributed by atoms with Crippen LogP contribution in [0.15, 0.2) is 24.5 Å². The van der Waals surface area contributed by atoms with E-state index in [0.717, 1.165) is 6.42 Å². The lowest BCUT2D eigenvalue weighted by Crippen LogP contribution is -2.46. The molecule has 100 valence electrons. The van der Waals surface area contributed by atoms with Crippen LogP contribution in [0.25, 0.3) is 0 Å². The molecule has 0 unspecified atom stereocenters. The third kappa shape index (κ3) is 2.08. The van der Waals surface area contributed by atoms with Crippen LogP contribution in [0.1, 0.15) is 12.8 Å². The van der Waals surface area contributed by atoms with Crippen molar-refractivity contribution in [1.29, 1.82) is 0 Å². The first kappa shape index (κ1) is 12.1. The van der Waals surface area contributed by atoms with Gasteiger partial charge in [-0.15, -0.1) is 0 Å². The fourth-order valence-corrected chi connectivity index (χ4v) is 2.97. The van der Waals surface area contributed by atoms with E-state index in [9.17, 15) is 14.7 Å². The largest absolute Gasteiger partial charge is 0.550 e. The Morgan fingerprint density at radius 1 is 1.32 bits per heavy atom. The number of nitrogens with zero attached hydrogens (tertiary/aromatic N) is 1. The second-order valence-corrected chi connectivity index (χ2v) is 4.89. The molecule has 0 radical (unpaired) electrons. The predicted octanol–water partition coefficient (Wildman–Crippen LogP) is -0.436. The van der Waals surface area contributed by atoms with Crippen molar-refractivity contribution in [3.05, 3.63) is 24.5 Å². The summed E-state index contributed by atoms with van der Waals surface area (Å²) in [7, 11) is 0. The van der Waals surface area contributed by atoms with E-state index in [1.54, 1.807) is 18.3 Å². The first-order valence-electron chi connectivity index (χ1n) is 6.24. The molecule has 6 heteroatoms. The number of aliphatic carboxylic acids is 1. The number of ether oxygens (including phenoxy) is 1. The molecular weight excluding hydrogens is 248 g/mol. The number of amides is 1. The third-order valence-electron chi connectivity index (χ3n) is 3.78. The average Bonchev–Trinajstić information content (AvgIpc) is 2.99. The summed E-state index contributed by atoms with van der Waals surface area (Å²) in [5.41, 5.74) is 0.548. The molecule has 0 spiro atoms. The van der Waals surface area contributed by atoms with Crippen molar-refractivity contribution in [2.45, 2.75) is 25.0 Å². The van der Waals surface area contributed by atoms with Crippen LogP contribution >= 0.6 is 0 Å². The lowest BCUT2D eigenvalue weighted by atomic mass is 9.78. The smallest absolute Gasteiger partial charge is 0.230 e. The SMILES string of the molecule is O=C(Nc1cccnc1)[C@@H]1[C@H](C(=O)[O-])[C@@H]2CC[C@H]1O2. The maximum absolute atomic E-state index is 12.2. The van der Waals surface area contributed by atoms with Crippen LogP contribution in [0.3, 0.4) is 0 Å². The normalized spacial score (nSPS) is 32.2. The van der Waals surface area contributed by atoms with Crippen molar-refractivity contribution in [2.24, 2.45) is 11.8 Å². The van der Waals surface area contributed by atoms with Crippen LogP contribution in [-0.2, 0) is 14.3 Å². The second kappa shape index (κ2) is 4.62. The van der Waals surface area contributed by atoms with E-state index in [0.29, 0.717) is 12.1 Å². The van der Waals surface area contributed by atoms with Gasteiger partial charge in [0.25, 0.3) is 0 Å². The Morgan fingerprint density at radius 2 is 2.05 bits per heavy atom. The molecule has 3 heterocycles. The highest BCUT2D eigenvalue weighted by molar-refractivity contribution is 5.95. The molecule has 6 nitrogen and oxygen atoms in total. The van der Waals surface area contributed by atoms with Crippen molar-refractivity contribution >= 4 is 17.6 Å². The molecule has 0 aliphatic carbocycles. The molecule has 0 saturated carbocycles. The highest BCUT2D eigenvalue weighted by Gasteiger charge is 2.52. The zero-order chi connectivity index (χ0) is 13.4. The molecule has 1 aromatic rings. The van der Waals surface area contributed by atoms with Crippen LogP contribution in [-0.4, -0.2) is 29.1 Å². The summed E-state index contributed by atoms with van der Waals surface area (Å²) in [6.45, 7) is 0. The lowest BCUT2D eigenvalue weighted by Gasteiger charge is -2.27. The number of pyridine rings is 1. The van der Waals surface area contributed by atoms with Gasteiger partial charge >= 0.3 is 0 Å². The Balaban J connectivity index is 1.77. The Kier molecular flexibility index (Phi) is 2.94. The summed E-state index contributed by atoms with van der Waals surface area (Å²) >= 11 is 0. The van der Waals surface area contributed by atoms with Crippen molar-refractivity contribution in [3.63, 3.8) is 0 Å². The first-order valence-corrected chi connectivity index (χ1v) is 6.24. The van der Waals surface area contributed by atoms with Crippen LogP contribution in [0.5, 0.6) is 0 Å². The van der Waals surface area contributed by atoms with E-state index < -0.39 is 17.8 Å². The monoisotopic (exact) mass is 261 g/mol. The van der Waals surface area contributed by atoms with Crippen molar-refractivity contribution in [2.75, 3.05) is 5.32 Å². The number of nitrogens with one attached hydrogen (secondary N) is 1. The van der Waals surface area contributed by atoms with Gasteiger partial charge in [0.15, 0.2) is 0 Å². The number of carbonyl (C=O) groups excluding carboxylic acids is 2. The van der Waals surface area contributed by atoms with Gasteiger partial charge < -0.3 is 20.0 Å². The van der Waals surface area contributed by atoms with E-state index in [1.165, 1.54) is 6.20 Å².